The molecule has 0 bridgehead atoms. The number of nitrogens with zero attached hydrogens (tertiary/aromatic N) is 2. The summed E-state index contributed by atoms with van der Waals surface area (Å²) in [6.45, 7) is 5.77. The maximum absolute atomic E-state index is 13.5. The molecule has 1 aliphatic rings. The minimum Gasteiger partial charge on any atom is -0.463 e. The lowest BCUT2D eigenvalue weighted by Gasteiger charge is -2.24. The van der Waals surface area contributed by atoms with E-state index in [0.717, 1.165) is 16.7 Å². The van der Waals surface area contributed by atoms with Crippen LogP contribution >= 0.6 is 22.9 Å². The van der Waals surface area contributed by atoms with E-state index in [1.54, 1.807) is 30.6 Å². The third-order valence-corrected chi connectivity index (χ3v) is 6.43. The van der Waals surface area contributed by atoms with Gasteiger partial charge in [-0.25, -0.2) is 9.79 Å². The van der Waals surface area contributed by atoms with E-state index >= 15 is 0 Å². The van der Waals surface area contributed by atoms with E-state index in [2.05, 4.69) is 4.99 Å². The first-order valence-electron chi connectivity index (χ1n) is 9.91. The third kappa shape index (κ3) is 4.01. The number of hydrogen-bond acceptors (Lipinski definition) is 5. The number of esters is 1. The number of fused-ring (bicyclic) bond motifs is 1. The lowest BCUT2D eigenvalue weighted by molar-refractivity contribution is -0.139. The molecule has 7 heteroatoms. The molecule has 0 amide bonds. The Labute approximate surface area is 188 Å². The van der Waals surface area contributed by atoms with E-state index in [0.29, 0.717) is 25.6 Å². The van der Waals surface area contributed by atoms with Gasteiger partial charge in [0.05, 0.1) is 28.5 Å². The first kappa shape index (κ1) is 21.3. The fourth-order valence-electron chi connectivity index (χ4n) is 3.59. The van der Waals surface area contributed by atoms with Crippen LogP contribution in [0.25, 0.3) is 6.08 Å². The van der Waals surface area contributed by atoms with Gasteiger partial charge in [-0.05, 0) is 44.0 Å². The van der Waals surface area contributed by atoms with Crippen molar-refractivity contribution in [2.45, 2.75) is 26.8 Å². The van der Waals surface area contributed by atoms with Crippen molar-refractivity contribution in [2.75, 3.05) is 6.61 Å². The quantitative estimate of drug-likeness (QED) is 0.566. The SMILES string of the molecule is CCOC(=O)C1=C(C)N=c2s/c(=C/c3ccccc3Cl)c(=O)n2C1c1ccc(C)cc1. The van der Waals surface area contributed by atoms with E-state index in [1.807, 2.05) is 49.4 Å². The fourth-order valence-corrected chi connectivity index (χ4v) is 4.82. The van der Waals surface area contributed by atoms with Crippen LogP contribution in [0.4, 0.5) is 0 Å². The van der Waals surface area contributed by atoms with Crippen molar-refractivity contribution in [2.24, 2.45) is 4.99 Å². The molecule has 0 aliphatic carbocycles. The molecule has 0 radical (unpaired) electrons. The predicted octanol–water partition coefficient (Wildman–Crippen LogP) is 3.76. The summed E-state index contributed by atoms with van der Waals surface area (Å²) in [7, 11) is 0. The van der Waals surface area contributed by atoms with Gasteiger partial charge in [0.1, 0.15) is 0 Å². The highest BCUT2D eigenvalue weighted by Gasteiger charge is 2.33. The van der Waals surface area contributed by atoms with Gasteiger partial charge in [-0.15, -0.1) is 0 Å². The molecule has 1 unspecified atom stereocenters. The molecule has 1 atom stereocenters. The Kier molecular flexibility index (Phi) is 5.94. The Morgan fingerprint density at radius 2 is 1.90 bits per heavy atom. The molecule has 0 saturated heterocycles. The van der Waals surface area contributed by atoms with Crippen LogP contribution in [0.15, 0.2) is 69.6 Å². The summed E-state index contributed by atoms with van der Waals surface area (Å²) < 4.78 is 7.39. The fraction of sp³-hybridized carbons (Fsp3) is 0.208. The summed E-state index contributed by atoms with van der Waals surface area (Å²) >= 11 is 7.57. The normalized spacial score (nSPS) is 16.1. The van der Waals surface area contributed by atoms with Crippen molar-refractivity contribution < 1.29 is 9.53 Å². The van der Waals surface area contributed by atoms with Gasteiger partial charge in [0.15, 0.2) is 4.80 Å². The molecule has 158 valence electrons. The standard InChI is InChI=1S/C24H21ClN2O3S/c1-4-30-23(29)20-15(3)26-24-27(21(20)16-11-9-14(2)10-12-16)22(28)19(31-24)13-17-7-5-6-8-18(17)25/h5-13,21H,4H2,1-3H3/b19-13+. The molecule has 5 nitrogen and oxygen atoms in total. The summed E-state index contributed by atoms with van der Waals surface area (Å²) in [5.41, 5.74) is 3.38. The minimum absolute atomic E-state index is 0.219. The van der Waals surface area contributed by atoms with Crippen molar-refractivity contribution in [3.05, 3.63) is 101 Å². The summed E-state index contributed by atoms with van der Waals surface area (Å²) in [4.78, 5) is 31.4. The summed E-state index contributed by atoms with van der Waals surface area (Å²) in [5, 5.41) is 0.562. The van der Waals surface area contributed by atoms with Crippen LogP contribution in [0.1, 0.15) is 36.6 Å². The number of thiazole rings is 1. The number of aromatic nitrogens is 1. The van der Waals surface area contributed by atoms with Crippen LogP contribution in [0.2, 0.25) is 5.02 Å². The Morgan fingerprint density at radius 3 is 2.58 bits per heavy atom. The molecule has 2 heterocycles. The molecule has 31 heavy (non-hydrogen) atoms. The van der Waals surface area contributed by atoms with E-state index in [-0.39, 0.29) is 12.2 Å². The number of hydrogen-bond donors (Lipinski definition) is 0. The molecule has 0 N–H and O–H groups in total. The van der Waals surface area contributed by atoms with Crippen LogP contribution in [-0.4, -0.2) is 17.1 Å². The Hall–Kier alpha value is -2.96. The molecule has 0 saturated carbocycles. The van der Waals surface area contributed by atoms with Gasteiger partial charge in [0, 0.05) is 5.02 Å². The van der Waals surface area contributed by atoms with Gasteiger partial charge < -0.3 is 4.74 Å². The summed E-state index contributed by atoms with van der Waals surface area (Å²) in [6, 6.07) is 14.5. The zero-order valence-electron chi connectivity index (χ0n) is 17.4. The minimum atomic E-state index is -0.607. The molecular weight excluding hydrogens is 432 g/mol. The number of carbonyl (C=O) groups excluding carboxylic acids is 1. The van der Waals surface area contributed by atoms with Crippen molar-refractivity contribution in [1.82, 2.24) is 4.57 Å². The molecule has 1 aliphatic heterocycles. The monoisotopic (exact) mass is 452 g/mol. The average molecular weight is 453 g/mol. The smallest absolute Gasteiger partial charge is 0.338 e. The molecule has 0 fully saturated rings. The largest absolute Gasteiger partial charge is 0.463 e. The van der Waals surface area contributed by atoms with Gasteiger partial charge in [-0.1, -0.05) is 71.0 Å². The second kappa shape index (κ2) is 8.65. The molecule has 1 aromatic heterocycles. The lowest BCUT2D eigenvalue weighted by Crippen LogP contribution is -2.39. The topological polar surface area (TPSA) is 60.7 Å². The van der Waals surface area contributed by atoms with Crippen LogP contribution in [0.5, 0.6) is 0 Å². The number of carbonyl (C=O) groups is 1. The van der Waals surface area contributed by atoms with Gasteiger partial charge in [-0.2, -0.15) is 0 Å². The molecule has 0 spiro atoms. The zero-order chi connectivity index (χ0) is 22.1. The van der Waals surface area contributed by atoms with Gasteiger partial charge in [0.2, 0.25) is 0 Å². The summed E-state index contributed by atoms with van der Waals surface area (Å²) in [5.74, 6) is -0.463. The van der Waals surface area contributed by atoms with Crippen molar-refractivity contribution in [3.63, 3.8) is 0 Å². The zero-order valence-corrected chi connectivity index (χ0v) is 19.0. The molecular formula is C24H21ClN2O3S. The maximum Gasteiger partial charge on any atom is 0.338 e. The van der Waals surface area contributed by atoms with Crippen LogP contribution in [0, 0.1) is 6.92 Å². The molecule has 3 aromatic rings. The average Bonchev–Trinajstić information content (AvgIpc) is 3.04. The highest BCUT2D eigenvalue weighted by atomic mass is 35.5. The van der Waals surface area contributed by atoms with Gasteiger partial charge in [-0.3, -0.25) is 9.36 Å². The van der Waals surface area contributed by atoms with Gasteiger partial charge in [0.25, 0.3) is 5.56 Å². The third-order valence-electron chi connectivity index (χ3n) is 5.10. The Balaban J connectivity index is 1.97. The van der Waals surface area contributed by atoms with E-state index in [1.165, 1.54) is 11.3 Å². The summed E-state index contributed by atoms with van der Waals surface area (Å²) in [6.07, 6.45) is 1.77. The van der Waals surface area contributed by atoms with E-state index in [4.69, 9.17) is 16.3 Å². The van der Waals surface area contributed by atoms with Crippen LogP contribution in [-0.2, 0) is 9.53 Å². The second-order valence-corrected chi connectivity index (χ2v) is 8.65. The highest BCUT2D eigenvalue weighted by Crippen LogP contribution is 2.30. The lowest BCUT2D eigenvalue weighted by atomic mass is 9.95. The first-order valence-corrected chi connectivity index (χ1v) is 11.1. The highest BCUT2D eigenvalue weighted by molar-refractivity contribution is 7.07. The van der Waals surface area contributed by atoms with Gasteiger partial charge >= 0.3 is 5.97 Å². The van der Waals surface area contributed by atoms with E-state index < -0.39 is 12.0 Å². The van der Waals surface area contributed by atoms with Crippen molar-refractivity contribution >= 4 is 35.0 Å². The number of aryl methyl sites for hydroxylation is 1. The first-order chi connectivity index (χ1) is 14.9. The van der Waals surface area contributed by atoms with Crippen LogP contribution < -0.4 is 14.9 Å². The maximum atomic E-state index is 13.5. The predicted molar refractivity (Wildman–Crippen MR) is 123 cm³/mol. The van der Waals surface area contributed by atoms with E-state index in [9.17, 15) is 9.59 Å². The van der Waals surface area contributed by atoms with Crippen molar-refractivity contribution in [3.8, 4) is 0 Å². The Bertz CT molecular complexity index is 1370. The van der Waals surface area contributed by atoms with Crippen LogP contribution in [0.3, 0.4) is 0 Å². The number of benzene rings is 2. The number of rotatable bonds is 4. The number of allylic oxidation sites excluding steroid dienone is 1. The van der Waals surface area contributed by atoms with Crippen molar-refractivity contribution in [1.29, 1.82) is 0 Å². The molecule has 4 rings (SSSR count). The number of ether oxygens (including phenoxy) is 1. The number of halogens is 1. The molecule has 2 aromatic carbocycles. The Morgan fingerprint density at radius 1 is 1.19 bits per heavy atom. The second-order valence-electron chi connectivity index (χ2n) is 7.23.